The maximum absolute atomic E-state index is 7.56. The fourth-order valence-corrected chi connectivity index (χ4v) is 0.640. The molecule has 0 aliphatic heterocycles. The first-order valence-electron chi connectivity index (χ1n) is 5.32. The summed E-state index contributed by atoms with van der Waals surface area (Å²) in [7, 11) is 0. The van der Waals surface area contributed by atoms with Crippen molar-refractivity contribution >= 4 is 34.8 Å². The highest BCUT2D eigenvalue weighted by molar-refractivity contribution is 7.80. The van der Waals surface area contributed by atoms with E-state index in [0.717, 1.165) is 6.42 Å². The summed E-state index contributed by atoms with van der Waals surface area (Å²) >= 11 is 8.29. The molecule has 16 heavy (non-hydrogen) atoms. The molecule has 6 heteroatoms. The third kappa shape index (κ3) is 70.8. The van der Waals surface area contributed by atoms with E-state index in [9.17, 15) is 0 Å². The van der Waals surface area contributed by atoms with Crippen LogP contribution in [0.2, 0.25) is 0 Å². The molecule has 0 rings (SSSR count). The van der Waals surface area contributed by atoms with Crippen molar-refractivity contribution in [3.63, 3.8) is 0 Å². The van der Waals surface area contributed by atoms with Crippen molar-refractivity contribution in [3.8, 4) is 0 Å². The molecule has 0 heterocycles. The summed E-state index contributed by atoms with van der Waals surface area (Å²) in [5, 5.41) is 7.21. The van der Waals surface area contributed by atoms with Gasteiger partial charge in [-0.3, -0.25) is 0 Å². The van der Waals surface area contributed by atoms with Crippen molar-refractivity contribution in [1.82, 2.24) is 0 Å². The van der Waals surface area contributed by atoms with Crippen molar-refractivity contribution in [2.75, 3.05) is 6.61 Å². The molecule has 0 bridgehead atoms. The molecule has 0 aromatic carbocycles. The van der Waals surface area contributed by atoms with Crippen LogP contribution in [0.25, 0.3) is 0 Å². The van der Waals surface area contributed by atoms with Gasteiger partial charge in [0, 0.05) is 0 Å². The van der Waals surface area contributed by atoms with E-state index in [0.29, 0.717) is 6.61 Å². The Morgan fingerprint density at radius 1 is 1.06 bits per heavy atom. The van der Waals surface area contributed by atoms with Crippen molar-refractivity contribution in [3.05, 3.63) is 0 Å². The maximum atomic E-state index is 7.56. The first-order chi connectivity index (χ1) is 7.42. The molecule has 0 aromatic rings. The van der Waals surface area contributed by atoms with Crippen LogP contribution in [0.5, 0.6) is 0 Å². The molecule has 98 valence electrons. The first-order valence-corrected chi connectivity index (χ1v) is 6.14. The standard InChI is InChI=1S/C5H12.C4H9NOS.CH3NOS/c1-3-5-4-2;1-2-3-6-4(5)7;2-1(3)4/h3-5H2,1-2H3;2-3H2,1H3,(H2,5,7);(H3,2,3,4). The van der Waals surface area contributed by atoms with Gasteiger partial charge in [0.15, 0.2) is 0 Å². The van der Waals surface area contributed by atoms with Gasteiger partial charge in [-0.1, -0.05) is 40.0 Å². The van der Waals surface area contributed by atoms with E-state index in [1.807, 2.05) is 6.92 Å². The Morgan fingerprint density at radius 3 is 1.50 bits per heavy atom. The largest absolute Gasteiger partial charge is 0.487 e. The average Bonchev–Trinajstić information content (AvgIpc) is 2.16. The predicted octanol–water partition coefficient (Wildman–Crippen LogP) is 2.64. The molecule has 5 N–H and O–H groups in total. The van der Waals surface area contributed by atoms with Gasteiger partial charge in [-0.15, -0.1) is 0 Å². The lowest BCUT2D eigenvalue weighted by atomic mass is 10.3. The lowest BCUT2D eigenvalue weighted by Crippen LogP contribution is -2.12. The van der Waals surface area contributed by atoms with Gasteiger partial charge < -0.3 is 21.3 Å². The Kier molecular flexibility index (Phi) is 25.8. The molecule has 0 aromatic heterocycles. The Bertz CT molecular complexity index is 161. The second-order valence-corrected chi connectivity index (χ2v) is 3.68. The molecule has 0 radical (unpaired) electrons. The second-order valence-electron chi connectivity index (χ2n) is 2.86. The summed E-state index contributed by atoms with van der Waals surface area (Å²) in [6, 6.07) is 0. The molecular weight excluding hydrogens is 244 g/mol. The summed E-state index contributed by atoms with van der Waals surface area (Å²) < 4.78 is 4.70. The van der Waals surface area contributed by atoms with E-state index in [4.69, 9.17) is 15.6 Å². The number of aliphatic hydroxyl groups is 1. The molecule has 0 fully saturated rings. The number of thiocarbonyl (C=S) groups is 2. The topological polar surface area (TPSA) is 81.5 Å². The zero-order chi connectivity index (χ0) is 13.4. The number of hydrogen-bond donors (Lipinski definition) is 3. The van der Waals surface area contributed by atoms with E-state index < -0.39 is 5.17 Å². The van der Waals surface area contributed by atoms with Crippen LogP contribution in [0.15, 0.2) is 0 Å². The van der Waals surface area contributed by atoms with Crippen molar-refractivity contribution in [2.24, 2.45) is 11.5 Å². The van der Waals surface area contributed by atoms with Crippen LogP contribution in [0.1, 0.15) is 46.5 Å². The molecule has 0 amide bonds. The summed E-state index contributed by atoms with van der Waals surface area (Å²) in [5.41, 5.74) is 9.39. The maximum Gasteiger partial charge on any atom is 0.253 e. The Balaban J connectivity index is -0.000000166. The highest BCUT2D eigenvalue weighted by Gasteiger charge is 1.81. The number of aliphatic hydroxyl groups excluding tert-OH is 1. The minimum atomic E-state index is -0.500. The lowest BCUT2D eigenvalue weighted by Gasteiger charge is -1.96. The molecule has 0 saturated heterocycles. The van der Waals surface area contributed by atoms with E-state index >= 15 is 0 Å². The number of ether oxygens (including phenoxy) is 1. The molecule has 0 spiro atoms. The Morgan fingerprint density at radius 2 is 1.44 bits per heavy atom. The van der Waals surface area contributed by atoms with E-state index in [-0.39, 0.29) is 5.17 Å². The SMILES string of the molecule is CCCCC.CCCOC(N)=S.NC(O)=S. The first kappa shape index (κ1) is 20.8. The molecule has 0 atom stereocenters. The second kappa shape index (κ2) is 19.9. The lowest BCUT2D eigenvalue weighted by molar-refractivity contribution is 0.308. The summed E-state index contributed by atoms with van der Waals surface area (Å²) in [6.07, 6.45) is 5.03. The molecule has 0 saturated carbocycles. The normalized spacial score (nSPS) is 7.69. The van der Waals surface area contributed by atoms with Crippen molar-refractivity contribution in [1.29, 1.82) is 0 Å². The molecule has 4 nitrogen and oxygen atoms in total. The molecule has 0 unspecified atom stereocenters. The number of hydrogen-bond acceptors (Lipinski definition) is 3. The zero-order valence-electron chi connectivity index (χ0n) is 10.4. The van der Waals surface area contributed by atoms with Crippen LogP contribution in [0.4, 0.5) is 0 Å². The highest BCUT2D eigenvalue weighted by Crippen LogP contribution is 1.88. The zero-order valence-corrected chi connectivity index (χ0v) is 12.0. The minimum absolute atomic E-state index is 0.141. The van der Waals surface area contributed by atoms with Crippen LogP contribution >= 0.6 is 24.4 Å². The van der Waals surface area contributed by atoms with E-state index in [1.54, 1.807) is 0 Å². The number of nitrogens with two attached hydrogens (primary N) is 2. The third-order valence-corrected chi connectivity index (χ3v) is 1.27. The summed E-state index contributed by atoms with van der Waals surface area (Å²) in [5.74, 6) is 0. The highest BCUT2D eigenvalue weighted by atomic mass is 32.1. The Hall–Kier alpha value is -0.620. The van der Waals surface area contributed by atoms with Crippen molar-refractivity contribution in [2.45, 2.75) is 46.5 Å². The van der Waals surface area contributed by atoms with Crippen LogP contribution in [0, 0.1) is 0 Å². The Labute approximate surface area is 109 Å². The summed E-state index contributed by atoms with van der Waals surface area (Å²) in [6.45, 7) is 7.06. The fourth-order valence-electron chi connectivity index (χ4n) is 0.556. The van der Waals surface area contributed by atoms with Gasteiger partial charge in [0.05, 0.1) is 6.61 Å². The monoisotopic (exact) mass is 268 g/mol. The third-order valence-electron chi connectivity index (χ3n) is 1.16. The van der Waals surface area contributed by atoms with Gasteiger partial charge >= 0.3 is 0 Å². The van der Waals surface area contributed by atoms with Gasteiger partial charge in [0.1, 0.15) is 0 Å². The van der Waals surface area contributed by atoms with Crippen molar-refractivity contribution < 1.29 is 9.84 Å². The van der Waals surface area contributed by atoms with Crippen LogP contribution in [0.3, 0.4) is 0 Å². The van der Waals surface area contributed by atoms with Gasteiger partial charge in [-0.2, -0.15) is 0 Å². The van der Waals surface area contributed by atoms with Gasteiger partial charge in [-0.25, -0.2) is 0 Å². The van der Waals surface area contributed by atoms with Crippen LogP contribution in [-0.2, 0) is 4.74 Å². The summed E-state index contributed by atoms with van der Waals surface area (Å²) in [4.78, 5) is 0. The fraction of sp³-hybridized carbons (Fsp3) is 0.800. The van der Waals surface area contributed by atoms with E-state index in [2.05, 4.69) is 44.0 Å². The van der Waals surface area contributed by atoms with Gasteiger partial charge in [0.25, 0.3) is 10.3 Å². The molecular formula is C10H24N2O2S2. The van der Waals surface area contributed by atoms with Crippen LogP contribution in [-0.4, -0.2) is 22.1 Å². The smallest absolute Gasteiger partial charge is 0.253 e. The molecule has 0 aliphatic rings. The van der Waals surface area contributed by atoms with E-state index in [1.165, 1.54) is 19.3 Å². The number of rotatable bonds is 4. The molecule has 0 aliphatic carbocycles. The predicted molar refractivity (Wildman–Crippen MR) is 77.6 cm³/mol. The minimum Gasteiger partial charge on any atom is -0.487 e. The van der Waals surface area contributed by atoms with Crippen LogP contribution < -0.4 is 11.5 Å². The average molecular weight is 268 g/mol. The quantitative estimate of drug-likeness (QED) is 0.680. The van der Waals surface area contributed by atoms with Gasteiger partial charge in [-0.05, 0) is 30.9 Å². The number of unbranched alkanes of at least 4 members (excludes halogenated alkanes) is 2. The van der Waals surface area contributed by atoms with Gasteiger partial charge in [0.2, 0.25) is 0 Å².